The van der Waals surface area contributed by atoms with Gasteiger partial charge in [0.05, 0.1) is 17.9 Å². The Morgan fingerprint density at radius 1 is 1.30 bits per heavy atom. The maximum absolute atomic E-state index is 11.8. The van der Waals surface area contributed by atoms with Gasteiger partial charge in [-0.3, -0.25) is 4.79 Å². The number of fused-ring (bicyclic) bond motifs is 1. The number of hydrogen-bond donors (Lipinski definition) is 1. The highest BCUT2D eigenvalue weighted by atomic mass is 16.1. The molecule has 6 heteroatoms. The molecule has 2 heterocycles. The van der Waals surface area contributed by atoms with Crippen LogP contribution in [0.5, 0.6) is 0 Å². The minimum absolute atomic E-state index is 0.0785. The van der Waals surface area contributed by atoms with E-state index in [-0.39, 0.29) is 5.91 Å². The van der Waals surface area contributed by atoms with Crippen molar-refractivity contribution in [3.8, 4) is 5.69 Å². The Bertz CT molecular complexity index is 751. The number of nitrogens with one attached hydrogen (secondary N) is 1. The molecular formula is C14H13N5O. The SMILES string of the molecule is CCNC(=O)c1ccc2nn(-c3cncnc3)cc2c1. The smallest absolute Gasteiger partial charge is 0.251 e. The van der Waals surface area contributed by atoms with Crippen molar-refractivity contribution in [2.75, 3.05) is 6.54 Å². The summed E-state index contributed by atoms with van der Waals surface area (Å²) in [7, 11) is 0. The summed E-state index contributed by atoms with van der Waals surface area (Å²) >= 11 is 0. The van der Waals surface area contributed by atoms with Crippen LogP contribution in [0.25, 0.3) is 16.6 Å². The second kappa shape index (κ2) is 5.08. The second-order valence-electron chi connectivity index (χ2n) is 4.30. The van der Waals surface area contributed by atoms with Crippen molar-refractivity contribution in [3.63, 3.8) is 0 Å². The summed E-state index contributed by atoms with van der Waals surface area (Å²) < 4.78 is 1.70. The number of rotatable bonds is 3. The Balaban J connectivity index is 2.02. The molecule has 0 aliphatic carbocycles. The van der Waals surface area contributed by atoms with Crippen LogP contribution in [-0.2, 0) is 0 Å². The lowest BCUT2D eigenvalue weighted by atomic mass is 10.1. The third kappa shape index (κ3) is 2.23. The molecule has 1 N–H and O–H groups in total. The Morgan fingerprint density at radius 3 is 2.85 bits per heavy atom. The average molecular weight is 267 g/mol. The molecule has 20 heavy (non-hydrogen) atoms. The van der Waals surface area contributed by atoms with Crippen molar-refractivity contribution in [2.45, 2.75) is 6.92 Å². The Hall–Kier alpha value is -2.76. The zero-order valence-corrected chi connectivity index (χ0v) is 10.9. The van der Waals surface area contributed by atoms with Gasteiger partial charge in [-0.15, -0.1) is 0 Å². The van der Waals surface area contributed by atoms with Crippen LogP contribution < -0.4 is 5.32 Å². The molecule has 0 atom stereocenters. The first-order valence-corrected chi connectivity index (χ1v) is 6.31. The normalized spacial score (nSPS) is 10.7. The van der Waals surface area contributed by atoms with E-state index in [1.54, 1.807) is 23.1 Å². The first-order chi connectivity index (χ1) is 9.78. The van der Waals surface area contributed by atoms with Crippen LogP contribution >= 0.6 is 0 Å². The third-order valence-corrected chi connectivity index (χ3v) is 2.92. The molecule has 0 bridgehead atoms. The average Bonchev–Trinajstić information content (AvgIpc) is 2.91. The van der Waals surface area contributed by atoms with Gasteiger partial charge in [-0.2, -0.15) is 5.10 Å². The quantitative estimate of drug-likeness (QED) is 0.781. The lowest BCUT2D eigenvalue weighted by Gasteiger charge is -2.00. The van der Waals surface area contributed by atoms with E-state index in [1.807, 2.05) is 25.3 Å². The van der Waals surface area contributed by atoms with Crippen LogP contribution in [0.3, 0.4) is 0 Å². The number of aromatic nitrogens is 4. The molecule has 3 rings (SSSR count). The van der Waals surface area contributed by atoms with Crippen LogP contribution in [0.1, 0.15) is 17.3 Å². The molecule has 0 radical (unpaired) electrons. The number of carbonyl (C=O) groups is 1. The van der Waals surface area contributed by atoms with Crippen LogP contribution in [0.4, 0.5) is 0 Å². The predicted molar refractivity (Wildman–Crippen MR) is 74.7 cm³/mol. The first-order valence-electron chi connectivity index (χ1n) is 6.31. The molecule has 0 saturated heterocycles. The van der Waals surface area contributed by atoms with Gasteiger partial charge in [0.25, 0.3) is 5.91 Å². The van der Waals surface area contributed by atoms with E-state index in [1.165, 1.54) is 6.33 Å². The monoisotopic (exact) mass is 267 g/mol. The van der Waals surface area contributed by atoms with Crippen LogP contribution in [0.2, 0.25) is 0 Å². The van der Waals surface area contributed by atoms with E-state index in [0.29, 0.717) is 12.1 Å². The van der Waals surface area contributed by atoms with Crippen molar-refractivity contribution in [1.82, 2.24) is 25.1 Å². The zero-order chi connectivity index (χ0) is 13.9. The molecule has 3 aromatic rings. The van der Waals surface area contributed by atoms with E-state index < -0.39 is 0 Å². The predicted octanol–water partition coefficient (Wildman–Crippen LogP) is 1.57. The van der Waals surface area contributed by atoms with Crippen molar-refractivity contribution < 1.29 is 4.79 Å². The van der Waals surface area contributed by atoms with Gasteiger partial charge in [0.15, 0.2) is 0 Å². The molecular weight excluding hydrogens is 254 g/mol. The lowest BCUT2D eigenvalue weighted by Crippen LogP contribution is -2.22. The number of amides is 1. The van der Waals surface area contributed by atoms with Gasteiger partial charge in [0.2, 0.25) is 0 Å². The van der Waals surface area contributed by atoms with Gasteiger partial charge in [0.1, 0.15) is 12.0 Å². The van der Waals surface area contributed by atoms with Crippen molar-refractivity contribution in [3.05, 3.63) is 48.7 Å². The van der Waals surface area contributed by atoms with Gasteiger partial charge in [-0.1, -0.05) is 0 Å². The molecule has 0 aliphatic rings. The van der Waals surface area contributed by atoms with Crippen LogP contribution in [-0.4, -0.2) is 32.2 Å². The summed E-state index contributed by atoms with van der Waals surface area (Å²) in [5.74, 6) is -0.0785. The van der Waals surface area contributed by atoms with Crippen molar-refractivity contribution in [2.24, 2.45) is 0 Å². The first kappa shape index (κ1) is 12.3. The van der Waals surface area contributed by atoms with Gasteiger partial charge >= 0.3 is 0 Å². The molecule has 0 aliphatic heterocycles. The van der Waals surface area contributed by atoms with Gasteiger partial charge < -0.3 is 5.32 Å². The Morgan fingerprint density at radius 2 is 2.10 bits per heavy atom. The summed E-state index contributed by atoms with van der Waals surface area (Å²) in [6, 6.07) is 5.43. The Kier molecular flexibility index (Phi) is 3.12. The zero-order valence-electron chi connectivity index (χ0n) is 10.9. The fourth-order valence-electron chi connectivity index (χ4n) is 1.97. The van der Waals surface area contributed by atoms with E-state index in [0.717, 1.165) is 16.6 Å². The van der Waals surface area contributed by atoms with Crippen molar-refractivity contribution >= 4 is 16.8 Å². The maximum atomic E-state index is 11.8. The standard InChI is InChI=1S/C14H13N5O/c1-2-17-14(20)10-3-4-13-11(5-10)8-19(18-13)12-6-15-9-16-7-12/h3-9H,2H2,1H3,(H,17,20). The minimum atomic E-state index is -0.0785. The van der Waals surface area contributed by atoms with Gasteiger partial charge in [-0.25, -0.2) is 14.6 Å². The summed E-state index contributed by atoms with van der Waals surface area (Å²) in [5.41, 5.74) is 2.23. The molecule has 100 valence electrons. The largest absolute Gasteiger partial charge is 0.352 e. The summed E-state index contributed by atoms with van der Waals surface area (Å²) in [6.07, 6.45) is 6.70. The minimum Gasteiger partial charge on any atom is -0.352 e. The van der Waals surface area contributed by atoms with E-state index in [4.69, 9.17) is 0 Å². The van der Waals surface area contributed by atoms with E-state index >= 15 is 0 Å². The topological polar surface area (TPSA) is 72.7 Å². The molecule has 2 aromatic heterocycles. The number of hydrogen-bond acceptors (Lipinski definition) is 4. The number of carbonyl (C=O) groups excluding carboxylic acids is 1. The van der Waals surface area contributed by atoms with Crippen molar-refractivity contribution in [1.29, 1.82) is 0 Å². The Labute approximate surface area is 115 Å². The highest BCUT2D eigenvalue weighted by Crippen LogP contribution is 2.16. The molecule has 0 saturated carbocycles. The molecule has 0 unspecified atom stereocenters. The van der Waals surface area contributed by atoms with Gasteiger partial charge in [0, 0.05) is 23.7 Å². The highest BCUT2D eigenvalue weighted by molar-refractivity contribution is 5.97. The van der Waals surface area contributed by atoms with E-state index in [9.17, 15) is 4.79 Å². The fraction of sp³-hybridized carbons (Fsp3) is 0.143. The van der Waals surface area contributed by atoms with Crippen LogP contribution in [0.15, 0.2) is 43.1 Å². The molecule has 1 aromatic carbocycles. The molecule has 6 nitrogen and oxygen atoms in total. The summed E-state index contributed by atoms with van der Waals surface area (Å²) in [5, 5.41) is 8.11. The number of benzene rings is 1. The molecule has 1 amide bonds. The molecule has 0 spiro atoms. The van der Waals surface area contributed by atoms with Gasteiger partial charge in [-0.05, 0) is 25.1 Å². The number of nitrogens with zero attached hydrogens (tertiary/aromatic N) is 4. The second-order valence-corrected chi connectivity index (χ2v) is 4.30. The summed E-state index contributed by atoms with van der Waals surface area (Å²) in [6.45, 7) is 2.50. The van der Waals surface area contributed by atoms with Crippen LogP contribution in [0, 0.1) is 0 Å². The third-order valence-electron chi connectivity index (χ3n) is 2.92. The van der Waals surface area contributed by atoms with E-state index in [2.05, 4.69) is 20.4 Å². The molecule has 0 fully saturated rings. The summed E-state index contributed by atoms with van der Waals surface area (Å²) in [4.78, 5) is 19.7. The lowest BCUT2D eigenvalue weighted by molar-refractivity contribution is 0.0956. The highest BCUT2D eigenvalue weighted by Gasteiger charge is 2.08. The maximum Gasteiger partial charge on any atom is 0.251 e. The fourth-order valence-corrected chi connectivity index (χ4v) is 1.97.